The number of sulfone groups is 1. The van der Waals surface area contributed by atoms with Crippen molar-refractivity contribution in [1.82, 2.24) is 0 Å². The van der Waals surface area contributed by atoms with Crippen LogP contribution >= 0.6 is 15.9 Å². The Kier molecular flexibility index (Phi) is 4.70. The standard InChI is InChI=1S/C15H16BrNO3S/c1-10(17)11-6-7-15(14(16)8-11)20-12-4-3-5-13(9-12)21(2,18)19/h3-10H,17H2,1-2H3/t10-/m1/s1. The van der Waals surface area contributed by atoms with Gasteiger partial charge in [0.15, 0.2) is 9.84 Å². The SMILES string of the molecule is C[C@@H](N)c1ccc(Oc2cccc(S(C)(=O)=O)c2)c(Br)c1. The van der Waals surface area contributed by atoms with E-state index in [1.165, 1.54) is 18.4 Å². The molecule has 0 aromatic heterocycles. The smallest absolute Gasteiger partial charge is 0.175 e. The van der Waals surface area contributed by atoms with Gasteiger partial charge in [0.05, 0.1) is 9.37 Å². The van der Waals surface area contributed by atoms with Crippen LogP contribution in [0.1, 0.15) is 18.5 Å². The summed E-state index contributed by atoms with van der Waals surface area (Å²) < 4.78 is 29.6. The summed E-state index contributed by atoms with van der Waals surface area (Å²) in [6, 6.07) is 11.9. The van der Waals surface area contributed by atoms with Crippen LogP contribution < -0.4 is 10.5 Å². The van der Waals surface area contributed by atoms with Crippen molar-refractivity contribution in [2.45, 2.75) is 17.9 Å². The van der Waals surface area contributed by atoms with E-state index in [1.807, 2.05) is 19.1 Å². The van der Waals surface area contributed by atoms with Gasteiger partial charge in [0, 0.05) is 12.3 Å². The minimum Gasteiger partial charge on any atom is -0.456 e. The average Bonchev–Trinajstić information content (AvgIpc) is 2.40. The fraction of sp³-hybridized carbons (Fsp3) is 0.200. The van der Waals surface area contributed by atoms with E-state index in [2.05, 4.69) is 15.9 Å². The summed E-state index contributed by atoms with van der Waals surface area (Å²) in [6.45, 7) is 1.90. The van der Waals surface area contributed by atoms with Crippen LogP contribution in [0.3, 0.4) is 0 Å². The van der Waals surface area contributed by atoms with Crippen molar-refractivity contribution in [3.05, 3.63) is 52.5 Å². The fourth-order valence-corrected chi connectivity index (χ4v) is 2.91. The molecular weight excluding hydrogens is 354 g/mol. The van der Waals surface area contributed by atoms with E-state index >= 15 is 0 Å². The second-order valence-corrected chi connectivity index (χ2v) is 7.70. The highest BCUT2D eigenvalue weighted by molar-refractivity contribution is 9.10. The molecule has 0 amide bonds. The molecular formula is C15H16BrNO3S. The maximum atomic E-state index is 11.5. The molecule has 0 radical (unpaired) electrons. The monoisotopic (exact) mass is 369 g/mol. The van der Waals surface area contributed by atoms with Crippen molar-refractivity contribution in [1.29, 1.82) is 0 Å². The van der Waals surface area contributed by atoms with Gasteiger partial charge in [0.1, 0.15) is 11.5 Å². The molecule has 0 saturated heterocycles. The van der Waals surface area contributed by atoms with Crippen molar-refractivity contribution >= 4 is 25.8 Å². The van der Waals surface area contributed by atoms with Crippen molar-refractivity contribution in [2.75, 3.05) is 6.26 Å². The molecule has 0 heterocycles. The molecule has 2 aromatic rings. The molecule has 0 aliphatic rings. The topological polar surface area (TPSA) is 69.4 Å². The number of rotatable bonds is 4. The van der Waals surface area contributed by atoms with Crippen LogP contribution in [0, 0.1) is 0 Å². The lowest BCUT2D eigenvalue weighted by molar-refractivity contribution is 0.477. The number of hydrogen-bond donors (Lipinski definition) is 1. The van der Waals surface area contributed by atoms with Crippen LogP contribution in [-0.4, -0.2) is 14.7 Å². The molecule has 0 aliphatic heterocycles. The molecule has 2 N–H and O–H groups in total. The molecule has 0 spiro atoms. The van der Waals surface area contributed by atoms with Gasteiger partial charge in [-0.3, -0.25) is 0 Å². The second-order valence-electron chi connectivity index (χ2n) is 4.83. The summed E-state index contributed by atoms with van der Waals surface area (Å²) in [6.07, 6.45) is 1.17. The van der Waals surface area contributed by atoms with Gasteiger partial charge in [-0.2, -0.15) is 0 Å². The molecule has 6 heteroatoms. The summed E-state index contributed by atoms with van der Waals surface area (Å²) in [7, 11) is -3.25. The summed E-state index contributed by atoms with van der Waals surface area (Å²) in [5.74, 6) is 1.07. The lowest BCUT2D eigenvalue weighted by Crippen LogP contribution is -2.04. The Balaban J connectivity index is 2.31. The molecule has 0 bridgehead atoms. The number of halogens is 1. The zero-order valence-corrected chi connectivity index (χ0v) is 14.1. The average molecular weight is 370 g/mol. The largest absolute Gasteiger partial charge is 0.456 e. The lowest BCUT2D eigenvalue weighted by Gasteiger charge is -2.11. The summed E-state index contributed by atoms with van der Waals surface area (Å²) >= 11 is 3.43. The Hall–Kier alpha value is -1.37. The molecule has 0 fully saturated rings. The molecule has 0 aliphatic carbocycles. The molecule has 0 unspecified atom stereocenters. The van der Waals surface area contributed by atoms with Crippen LogP contribution in [0.5, 0.6) is 11.5 Å². The van der Waals surface area contributed by atoms with E-state index in [4.69, 9.17) is 10.5 Å². The van der Waals surface area contributed by atoms with Gasteiger partial charge in [0.2, 0.25) is 0 Å². The zero-order chi connectivity index (χ0) is 15.6. The predicted molar refractivity (Wildman–Crippen MR) is 86.4 cm³/mol. The summed E-state index contributed by atoms with van der Waals surface area (Å²) in [5.41, 5.74) is 6.81. The van der Waals surface area contributed by atoms with Gasteiger partial charge >= 0.3 is 0 Å². The van der Waals surface area contributed by atoms with E-state index in [0.717, 1.165) is 10.0 Å². The highest BCUT2D eigenvalue weighted by atomic mass is 79.9. The molecule has 21 heavy (non-hydrogen) atoms. The lowest BCUT2D eigenvalue weighted by atomic mass is 10.1. The number of ether oxygens (including phenoxy) is 1. The van der Waals surface area contributed by atoms with Gasteiger partial charge in [-0.15, -0.1) is 0 Å². The van der Waals surface area contributed by atoms with Crippen molar-refractivity contribution in [2.24, 2.45) is 5.73 Å². The molecule has 0 saturated carbocycles. The van der Waals surface area contributed by atoms with E-state index in [-0.39, 0.29) is 10.9 Å². The van der Waals surface area contributed by atoms with Crippen LogP contribution in [0.2, 0.25) is 0 Å². The first kappa shape index (κ1) is 16.0. The first-order valence-electron chi connectivity index (χ1n) is 6.30. The Labute approximate surface area is 133 Å². The van der Waals surface area contributed by atoms with E-state index in [1.54, 1.807) is 18.2 Å². The molecule has 4 nitrogen and oxygen atoms in total. The highest BCUT2D eigenvalue weighted by Gasteiger charge is 2.10. The Morgan fingerprint density at radius 2 is 1.90 bits per heavy atom. The predicted octanol–water partition coefficient (Wildman–Crippen LogP) is 3.66. The third-order valence-corrected chi connectivity index (χ3v) is 4.67. The van der Waals surface area contributed by atoms with Gasteiger partial charge in [-0.05, 0) is 58.7 Å². The van der Waals surface area contributed by atoms with E-state index < -0.39 is 9.84 Å². The third-order valence-electron chi connectivity index (χ3n) is 2.94. The van der Waals surface area contributed by atoms with Gasteiger partial charge in [-0.1, -0.05) is 12.1 Å². The zero-order valence-electron chi connectivity index (χ0n) is 11.7. The number of benzene rings is 2. The molecule has 2 aromatic carbocycles. The minimum absolute atomic E-state index is 0.0658. The number of hydrogen-bond acceptors (Lipinski definition) is 4. The van der Waals surface area contributed by atoms with Crippen molar-refractivity contribution < 1.29 is 13.2 Å². The second kappa shape index (κ2) is 6.17. The van der Waals surface area contributed by atoms with Crippen LogP contribution in [0.15, 0.2) is 51.8 Å². The maximum Gasteiger partial charge on any atom is 0.175 e. The Morgan fingerprint density at radius 3 is 2.48 bits per heavy atom. The van der Waals surface area contributed by atoms with Crippen LogP contribution in [0.25, 0.3) is 0 Å². The minimum atomic E-state index is -3.25. The quantitative estimate of drug-likeness (QED) is 0.892. The molecule has 112 valence electrons. The maximum absolute atomic E-state index is 11.5. The van der Waals surface area contributed by atoms with Crippen LogP contribution in [0.4, 0.5) is 0 Å². The summed E-state index contributed by atoms with van der Waals surface area (Å²) in [4.78, 5) is 0.225. The Bertz CT molecular complexity index is 757. The normalized spacial score (nSPS) is 13.0. The summed E-state index contributed by atoms with van der Waals surface area (Å²) in [5, 5.41) is 0. The van der Waals surface area contributed by atoms with Crippen LogP contribution in [-0.2, 0) is 9.84 Å². The van der Waals surface area contributed by atoms with Gasteiger partial charge in [0.25, 0.3) is 0 Å². The first-order chi connectivity index (χ1) is 9.77. The first-order valence-corrected chi connectivity index (χ1v) is 8.99. The highest BCUT2D eigenvalue weighted by Crippen LogP contribution is 2.32. The van der Waals surface area contributed by atoms with Gasteiger partial charge < -0.3 is 10.5 Å². The van der Waals surface area contributed by atoms with E-state index in [0.29, 0.717) is 11.5 Å². The van der Waals surface area contributed by atoms with Crippen molar-refractivity contribution in [3.8, 4) is 11.5 Å². The molecule has 1 atom stereocenters. The van der Waals surface area contributed by atoms with Gasteiger partial charge in [-0.25, -0.2) is 8.42 Å². The number of nitrogens with two attached hydrogens (primary N) is 1. The third kappa shape index (κ3) is 4.06. The fourth-order valence-electron chi connectivity index (χ4n) is 1.78. The van der Waals surface area contributed by atoms with Crippen molar-refractivity contribution in [3.63, 3.8) is 0 Å². The molecule has 2 rings (SSSR count). The van der Waals surface area contributed by atoms with E-state index in [9.17, 15) is 8.42 Å². The Morgan fingerprint density at radius 1 is 1.19 bits per heavy atom.